The zero-order valence-corrected chi connectivity index (χ0v) is 18.6. The molecule has 0 radical (unpaired) electrons. The lowest BCUT2D eigenvalue weighted by molar-refractivity contribution is 0.104. The van der Waals surface area contributed by atoms with Gasteiger partial charge in [-0.2, -0.15) is 5.26 Å². The number of ketones is 1. The van der Waals surface area contributed by atoms with Crippen LogP contribution >= 0.6 is 11.3 Å². The third-order valence-corrected chi connectivity index (χ3v) is 6.73. The molecule has 164 valence electrons. The number of thiophene rings is 1. The van der Waals surface area contributed by atoms with Crippen molar-refractivity contribution in [2.75, 3.05) is 11.5 Å². The molecule has 34 heavy (non-hydrogen) atoms. The number of aromatic hydroxyl groups is 1. The van der Waals surface area contributed by atoms with Gasteiger partial charge in [-0.05, 0) is 28.8 Å². The molecular formula is C27H18N4O2S. The van der Waals surface area contributed by atoms with E-state index in [0.29, 0.717) is 31.8 Å². The first kappa shape index (κ1) is 21.2. The summed E-state index contributed by atoms with van der Waals surface area (Å²) in [5, 5.41) is 19.9. The van der Waals surface area contributed by atoms with Gasteiger partial charge in [-0.15, -0.1) is 11.3 Å². The third kappa shape index (κ3) is 3.52. The van der Waals surface area contributed by atoms with Crippen molar-refractivity contribution >= 4 is 38.8 Å². The van der Waals surface area contributed by atoms with E-state index >= 15 is 0 Å². The summed E-state index contributed by atoms with van der Waals surface area (Å²) in [5.41, 5.74) is 16.7. The number of nitrogens with two attached hydrogens (primary N) is 2. The highest BCUT2D eigenvalue weighted by atomic mass is 32.1. The van der Waals surface area contributed by atoms with Gasteiger partial charge in [0.2, 0.25) is 5.78 Å². The second kappa shape index (κ2) is 8.35. The Hall–Kier alpha value is -4.67. The fourth-order valence-electron chi connectivity index (χ4n) is 3.94. The molecule has 0 unspecified atom stereocenters. The van der Waals surface area contributed by atoms with Gasteiger partial charge in [-0.25, -0.2) is 4.98 Å². The van der Waals surface area contributed by atoms with E-state index in [0.717, 1.165) is 22.5 Å². The number of benzene rings is 3. The van der Waals surface area contributed by atoms with Gasteiger partial charge >= 0.3 is 0 Å². The van der Waals surface area contributed by atoms with Crippen molar-refractivity contribution < 1.29 is 9.90 Å². The number of nitrogens with zero attached hydrogens (tertiary/aromatic N) is 2. The van der Waals surface area contributed by atoms with Crippen LogP contribution in [-0.2, 0) is 0 Å². The smallest absolute Gasteiger partial charge is 0.205 e. The first-order chi connectivity index (χ1) is 16.5. The number of hydrogen-bond donors (Lipinski definition) is 3. The molecule has 5 aromatic rings. The molecular weight excluding hydrogens is 444 g/mol. The van der Waals surface area contributed by atoms with E-state index in [4.69, 9.17) is 11.5 Å². The Labute approximate surface area is 199 Å². The normalized spacial score (nSPS) is 10.8. The van der Waals surface area contributed by atoms with Gasteiger partial charge in [0, 0.05) is 16.5 Å². The molecule has 5 N–H and O–H groups in total. The number of pyridine rings is 1. The summed E-state index contributed by atoms with van der Waals surface area (Å²) in [7, 11) is 0. The molecule has 2 heterocycles. The average molecular weight is 463 g/mol. The van der Waals surface area contributed by atoms with Gasteiger partial charge in [0.1, 0.15) is 32.9 Å². The van der Waals surface area contributed by atoms with Crippen molar-refractivity contribution in [2.45, 2.75) is 0 Å². The Morgan fingerprint density at radius 1 is 0.882 bits per heavy atom. The minimum atomic E-state index is -0.228. The lowest BCUT2D eigenvalue weighted by Crippen LogP contribution is -2.03. The highest BCUT2D eigenvalue weighted by molar-refractivity contribution is 7.21. The van der Waals surface area contributed by atoms with E-state index in [2.05, 4.69) is 11.1 Å². The Bertz CT molecular complexity index is 1580. The minimum absolute atomic E-state index is 0.0607. The van der Waals surface area contributed by atoms with Crippen LogP contribution in [-0.4, -0.2) is 15.9 Å². The molecule has 0 fully saturated rings. The monoisotopic (exact) mass is 462 g/mol. The number of nitrogen functional groups attached to an aromatic ring is 2. The predicted octanol–water partition coefficient (Wildman–Crippen LogP) is 5.60. The molecule has 5 rings (SSSR count). The van der Waals surface area contributed by atoms with Crippen LogP contribution in [0.1, 0.15) is 20.8 Å². The molecule has 2 aromatic heterocycles. The Morgan fingerprint density at radius 3 is 2.15 bits per heavy atom. The first-order valence-corrected chi connectivity index (χ1v) is 11.2. The number of carbonyl (C=O) groups is 1. The SMILES string of the molecule is N#Cc1c(N)nc2sc(C(=O)c3ccc(-c4ccccc4)cc3)c(N)c2c1-c1ccc(O)cc1. The van der Waals surface area contributed by atoms with E-state index in [-0.39, 0.29) is 28.6 Å². The summed E-state index contributed by atoms with van der Waals surface area (Å²) < 4.78 is 0. The molecule has 7 heteroatoms. The van der Waals surface area contributed by atoms with Gasteiger partial charge in [-0.3, -0.25) is 4.79 Å². The van der Waals surface area contributed by atoms with Crippen LogP contribution in [0.5, 0.6) is 5.75 Å². The molecule has 0 amide bonds. The third-order valence-electron chi connectivity index (χ3n) is 5.63. The van der Waals surface area contributed by atoms with Crippen molar-refractivity contribution in [1.82, 2.24) is 4.98 Å². The molecule has 0 aliphatic heterocycles. The zero-order valence-electron chi connectivity index (χ0n) is 17.8. The van der Waals surface area contributed by atoms with Gasteiger partial charge in [-0.1, -0.05) is 66.7 Å². The number of phenolic OH excluding ortho intramolecular Hbond substituents is 1. The summed E-state index contributed by atoms with van der Waals surface area (Å²) in [5.74, 6) is -0.0759. The van der Waals surface area contributed by atoms with Gasteiger partial charge < -0.3 is 16.6 Å². The van der Waals surface area contributed by atoms with Crippen molar-refractivity contribution in [1.29, 1.82) is 5.26 Å². The van der Waals surface area contributed by atoms with Crippen LogP contribution < -0.4 is 11.5 Å². The molecule has 0 spiro atoms. The maximum Gasteiger partial charge on any atom is 0.205 e. The lowest BCUT2D eigenvalue weighted by Gasteiger charge is -2.09. The number of fused-ring (bicyclic) bond motifs is 1. The van der Waals surface area contributed by atoms with Crippen molar-refractivity contribution in [3.8, 4) is 34.1 Å². The van der Waals surface area contributed by atoms with E-state index < -0.39 is 0 Å². The maximum atomic E-state index is 13.4. The van der Waals surface area contributed by atoms with E-state index in [9.17, 15) is 15.2 Å². The Kier molecular flexibility index (Phi) is 5.21. The van der Waals surface area contributed by atoms with E-state index in [1.165, 1.54) is 12.1 Å². The maximum absolute atomic E-state index is 13.4. The number of phenols is 1. The number of aromatic nitrogens is 1. The summed E-state index contributed by atoms with van der Waals surface area (Å²) in [6.07, 6.45) is 0. The number of carbonyl (C=O) groups excluding carboxylic acids is 1. The van der Waals surface area contributed by atoms with Crippen molar-refractivity contribution in [2.24, 2.45) is 0 Å². The predicted molar refractivity (Wildman–Crippen MR) is 136 cm³/mol. The molecule has 6 nitrogen and oxygen atoms in total. The molecule has 0 bridgehead atoms. The van der Waals surface area contributed by atoms with Crippen LogP contribution in [0.25, 0.3) is 32.5 Å². The number of nitriles is 1. The number of rotatable bonds is 4. The summed E-state index contributed by atoms with van der Waals surface area (Å²) in [4.78, 5) is 18.6. The van der Waals surface area contributed by atoms with Crippen molar-refractivity contribution in [3.05, 3.63) is 94.9 Å². The number of anilines is 2. The highest BCUT2D eigenvalue weighted by Crippen LogP contribution is 2.43. The lowest BCUT2D eigenvalue weighted by atomic mass is 9.96. The number of hydrogen-bond acceptors (Lipinski definition) is 7. The van der Waals surface area contributed by atoms with Crippen LogP contribution in [0.3, 0.4) is 0 Å². The fourth-order valence-corrected chi connectivity index (χ4v) is 5.02. The average Bonchev–Trinajstić information content (AvgIpc) is 3.19. The topological polar surface area (TPSA) is 126 Å². The second-order valence-electron chi connectivity index (χ2n) is 7.70. The first-order valence-electron chi connectivity index (χ1n) is 10.4. The van der Waals surface area contributed by atoms with Crippen LogP contribution in [0, 0.1) is 11.3 Å². The van der Waals surface area contributed by atoms with Crippen molar-refractivity contribution in [3.63, 3.8) is 0 Å². The van der Waals surface area contributed by atoms with Crippen LogP contribution in [0.15, 0.2) is 78.9 Å². The van der Waals surface area contributed by atoms with E-state index in [1.54, 1.807) is 24.3 Å². The molecule has 0 aliphatic rings. The summed E-state index contributed by atoms with van der Waals surface area (Å²) in [6, 6.07) is 25.7. The molecule has 0 saturated heterocycles. The largest absolute Gasteiger partial charge is 0.508 e. The molecule has 0 aliphatic carbocycles. The summed E-state index contributed by atoms with van der Waals surface area (Å²) in [6.45, 7) is 0. The summed E-state index contributed by atoms with van der Waals surface area (Å²) >= 11 is 1.15. The van der Waals surface area contributed by atoms with Gasteiger partial charge in [0.25, 0.3) is 0 Å². The molecule has 0 saturated carbocycles. The highest BCUT2D eigenvalue weighted by Gasteiger charge is 2.25. The van der Waals surface area contributed by atoms with Gasteiger partial charge in [0.05, 0.1) is 5.69 Å². The standard InChI is InChI=1S/C27H18N4O2S/c28-14-20-21(17-10-12-19(32)13-11-17)22-23(29)25(34-27(22)31-26(20)30)24(33)18-8-6-16(7-9-18)15-4-2-1-3-5-15/h1-13,32H,29H2,(H2,30,31). The molecule has 0 atom stereocenters. The Morgan fingerprint density at radius 2 is 1.50 bits per heavy atom. The quantitative estimate of drug-likeness (QED) is 0.298. The Balaban J connectivity index is 1.63. The minimum Gasteiger partial charge on any atom is -0.508 e. The second-order valence-corrected chi connectivity index (χ2v) is 8.70. The van der Waals surface area contributed by atoms with Crippen LogP contribution in [0.2, 0.25) is 0 Å². The van der Waals surface area contributed by atoms with E-state index in [1.807, 2.05) is 42.5 Å². The molecule has 3 aromatic carbocycles. The fraction of sp³-hybridized carbons (Fsp3) is 0. The van der Waals surface area contributed by atoms with Gasteiger partial charge in [0.15, 0.2) is 0 Å². The zero-order chi connectivity index (χ0) is 23.8. The van der Waals surface area contributed by atoms with Crippen LogP contribution in [0.4, 0.5) is 11.5 Å².